The van der Waals surface area contributed by atoms with E-state index in [1.54, 1.807) is 12.3 Å². The van der Waals surface area contributed by atoms with Crippen LogP contribution in [0.1, 0.15) is 31.4 Å². The summed E-state index contributed by atoms with van der Waals surface area (Å²) in [6.07, 6.45) is 6.63. The lowest BCUT2D eigenvalue weighted by Crippen LogP contribution is -2.18. The third kappa shape index (κ3) is 3.51. The van der Waals surface area contributed by atoms with Crippen molar-refractivity contribution in [1.29, 1.82) is 0 Å². The quantitative estimate of drug-likeness (QED) is 0.489. The second kappa shape index (κ2) is 6.69. The minimum Gasteiger partial charge on any atom is -0.398 e. The van der Waals surface area contributed by atoms with E-state index in [4.69, 9.17) is 4.42 Å². The van der Waals surface area contributed by atoms with Crippen LogP contribution < -0.4 is 0 Å². The summed E-state index contributed by atoms with van der Waals surface area (Å²) in [7, 11) is 0. The fraction of sp³-hybridized carbons (Fsp3) is 0.429. The van der Waals surface area contributed by atoms with Crippen molar-refractivity contribution < 1.29 is 9.34 Å². The zero-order chi connectivity index (χ0) is 15.4. The van der Waals surface area contributed by atoms with Crippen LogP contribution in [0.5, 0.6) is 0 Å². The lowest BCUT2D eigenvalue weighted by molar-refractivity contribution is -0.401. The predicted molar refractivity (Wildman–Crippen MR) is 84.1 cm³/mol. The second-order valence-corrected chi connectivity index (χ2v) is 5.94. The van der Waals surface area contributed by atoms with Gasteiger partial charge < -0.3 is 4.42 Å². The maximum absolute atomic E-state index is 10.6. The Morgan fingerprint density at radius 1 is 1.32 bits per heavy atom. The minimum absolute atomic E-state index is 0.273. The van der Waals surface area contributed by atoms with Gasteiger partial charge in [-0.1, -0.05) is 12.8 Å². The summed E-state index contributed by atoms with van der Waals surface area (Å²) in [4.78, 5) is 14.5. The molecular weight excluding hydrogens is 304 g/mol. The van der Waals surface area contributed by atoms with Crippen LogP contribution >= 0.6 is 11.3 Å². The first-order chi connectivity index (χ1) is 10.7. The monoisotopic (exact) mass is 320 g/mol. The Morgan fingerprint density at radius 3 is 2.77 bits per heavy atom. The number of nitro groups is 1. The first kappa shape index (κ1) is 14.7. The first-order valence-electron chi connectivity index (χ1n) is 7.21. The van der Waals surface area contributed by atoms with Gasteiger partial charge in [-0.15, -0.1) is 11.3 Å². The van der Waals surface area contributed by atoms with Crippen molar-refractivity contribution in [3.8, 4) is 10.8 Å². The zero-order valence-corrected chi connectivity index (χ0v) is 12.8. The molecule has 1 aliphatic heterocycles. The summed E-state index contributed by atoms with van der Waals surface area (Å²) < 4.78 is 5.15. The van der Waals surface area contributed by atoms with E-state index in [0.717, 1.165) is 18.8 Å². The Balaban J connectivity index is 1.68. The standard InChI is InChI=1S/C14H16N4O3S/c19-18(20)13-6-5-12(21-13)14-16-11(10-22-14)9-15-17-7-3-1-2-4-8-17/h5-6,9-10H,1-4,7-8H2/b15-9-. The van der Waals surface area contributed by atoms with Gasteiger partial charge in [-0.05, 0) is 18.9 Å². The van der Waals surface area contributed by atoms with E-state index in [0.29, 0.717) is 10.8 Å². The average Bonchev–Trinajstić information content (AvgIpc) is 3.09. The SMILES string of the molecule is O=[N+]([O-])c1ccc(-c2nc(/C=N\N3CCCCCC3)cs2)o1. The summed E-state index contributed by atoms with van der Waals surface area (Å²) >= 11 is 1.38. The number of hydrogen-bond donors (Lipinski definition) is 0. The zero-order valence-electron chi connectivity index (χ0n) is 12.0. The summed E-state index contributed by atoms with van der Waals surface area (Å²) in [6, 6.07) is 2.90. The van der Waals surface area contributed by atoms with Gasteiger partial charge in [0.25, 0.3) is 0 Å². The smallest absolute Gasteiger partial charge is 0.398 e. The van der Waals surface area contributed by atoms with Crippen LogP contribution in [-0.4, -0.2) is 34.2 Å². The molecule has 116 valence electrons. The van der Waals surface area contributed by atoms with E-state index >= 15 is 0 Å². The van der Waals surface area contributed by atoms with E-state index < -0.39 is 4.92 Å². The van der Waals surface area contributed by atoms with Gasteiger partial charge in [0.1, 0.15) is 4.92 Å². The van der Waals surface area contributed by atoms with Crippen molar-refractivity contribution in [2.45, 2.75) is 25.7 Å². The molecule has 8 heteroatoms. The van der Waals surface area contributed by atoms with Crippen LogP contribution in [0.3, 0.4) is 0 Å². The molecule has 2 aromatic heterocycles. The number of rotatable bonds is 4. The molecule has 22 heavy (non-hydrogen) atoms. The fourth-order valence-electron chi connectivity index (χ4n) is 2.31. The van der Waals surface area contributed by atoms with Gasteiger partial charge in [0, 0.05) is 18.5 Å². The van der Waals surface area contributed by atoms with Crippen molar-refractivity contribution in [3.63, 3.8) is 0 Å². The van der Waals surface area contributed by atoms with E-state index in [2.05, 4.69) is 15.1 Å². The second-order valence-electron chi connectivity index (χ2n) is 5.08. The van der Waals surface area contributed by atoms with E-state index in [-0.39, 0.29) is 5.88 Å². The van der Waals surface area contributed by atoms with E-state index in [1.807, 2.05) is 5.38 Å². The molecule has 0 spiro atoms. The summed E-state index contributed by atoms with van der Waals surface area (Å²) in [5.74, 6) is 0.135. The highest BCUT2D eigenvalue weighted by molar-refractivity contribution is 7.13. The van der Waals surface area contributed by atoms with Crippen molar-refractivity contribution >= 4 is 23.4 Å². The number of nitrogens with zero attached hydrogens (tertiary/aromatic N) is 4. The highest BCUT2D eigenvalue weighted by Crippen LogP contribution is 2.28. The number of furan rings is 1. The van der Waals surface area contributed by atoms with Crippen LogP contribution in [0.15, 0.2) is 27.0 Å². The third-order valence-corrected chi connectivity index (χ3v) is 4.32. The Bertz CT molecular complexity index is 671. The Kier molecular flexibility index (Phi) is 4.47. The molecule has 0 radical (unpaired) electrons. The van der Waals surface area contributed by atoms with Gasteiger partial charge in [0.15, 0.2) is 10.8 Å². The summed E-state index contributed by atoms with van der Waals surface area (Å²) in [5, 5.41) is 19.6. The van der Waals surface area contributed by atoms with Crippen LogP contribution in [0.4, 0.5) is 5.88 Å². The molecule has 0 N–H and O–H groups in total. The molecule has 3 rings (SSSR count). The third-order valence-electron chi connectivity index (χ3n) is 3.44. The topological polar surface area (TPSA) is 84.8 Å². The molecular formula is C14H16N4O3S. The summed E-state index contributed by atoms with van der Waals surface area (Å²) in [6.45, 7) is 1.97. The largest absolute Gasteiger partial charge is 0.433 e. The van der Waals surface area contributed by atoms with Gasteiger partial charge >= 0.3 is 5.88 Å². The van der Waals surface area contributed by atoms with Crippen molar-refractivity contribution in [3.05, 3.63) is 33.3 Å². The Labute approximate surface area is 131 Å². The molecule has 0 atom stereocenters. The fourth-order valence-corrected chi connectivity index (χ4v) is 3.04. The molecule has 1 fully saturated rings. The van der Waals surface area contributed by atoms with Crippen LogP contribution in [0, 0.1) is 10.1 Å². The van der Waals surface area contributed by atoms with Gasteiger partial charge in [-0.3, -0.25) is 15.1 Å². The predicted octanol–water partition coefficient (Wildman–Crippen LogP) is 3.52. The first-order valence-corrected chi connectivity index (χ1v) is 8.09. The molecule has 1 saturated heterocycles. The number of aromatic nitrogens is 1. The summed E-state index contributed by atoms with van der Waals surface area (Å²) in [5.41, 5.74) is 0.739. The van der Waals surface area contributed by atoms with Gasteiger partial charge in [-0.25, -0.2) is 4.98 Å². The number of hydrogen-bond acceptors (Lipinski definition) is 7. The maximum Gasteiger partial charge on any atom is 0.433 e. The van der Waals surface area contributed by atoms with E-state index in [9.17, 15) is 10.1 Å². The molecule has 0 bridgehead atoms. The van der Waals surface area contributed by atoms with Crippen molar-refractivity contribution in [2.24, 2.45) is 5.10 Å². The molecule has 0 aliphatic carbocycles. The van der Waals surface area contributed by atoms with Gasteiger partial charge in [0.2, 0.25) is 0 Å². The van der Waals surface area contributed by atoms with Crippen LogP contribution in [0.2, 0.25) is 0 Å². The number of thiazole rings is 1. The average molecular weight is 320 g/mol. The number of hydrazone groups is 1. The lowest BCUT2D eigenvalue weighted by Gasteiger charge is -2.14. The minimum atomic E-state index is -0.557. The lowest BCUT2D eigenvalue weighted by atomic mass is 10.2. The Morgan fingerprint density at radius 2 is 2.09 bits per heavy atom. The molecule has 0 saturated carbocycles. The van der Waals surface area contributed by atoms with Crippen molar-refractivity contribution in [1.82, 2.24) is 9.99 Å². The molecule has 7 nitrogen and oxygen atoms in total. The van der Waals surface area contributed by atoms with E-state index in [1.165, 1.54) is 43.1 Å². The highest BCUT2D eigenvalue weighted by Gasteiger charge is 2.15. The Hall–Kier alpha value is -2.22. The van der Waals surface area contributed by atoms with Gasteiger partial charge in [-0.2, -0.15) is 5.10 Å². The van der Waals surface area contributed by atoms with Crippen molar-refractivity contribution in [2.75, 3.05) is 13.1 Å². The van der Waals surface area contributed by atoms with Crippen LogP contribution in [0.25, 0.3) is 10.8 Å². The molecule has 2 aromatic rings. The van der Waals surface area contributed by atoms with Gasteiger partial charge in [0.05, 0.1) is 18.0 Å². The van der Waals surface area contributed by atoms with Crippen LogP contribution in [-0.2, 0) is 0 Å². The molecule has 1 aliphatic rings. The maximum atomic E-state index is 10.6. The molecule has 0 unspecified atom stereocenters. The normalized spacial score (nSPS) is 16.1. The highest BCUT2D eigenvalue weighted by atomic mass is 32.1. The molecule has 0 amide bonds. The molecule has 0 aromatic carbocycles. The molecule has 3 heterocycles.